The molecule has 2 aromatic carbocycles. The number of piperazine rings is 1. The fourth-order valence-electron chi connectivity index (χ4n) is 4.22. The molecular formula is C26H28N4O9. The summed E-state index contributed by atoms with van der Waals surface area (Å²) >= 11 is 0. The molecule has 3 rings (SSSR count). The van der Waals surface area contributed by atoms with Crippen LogP contribution >= 0.6 is 0 Å². The number of nitrogens with one attached hydrogen (secondary N) is 3. The predicted octanol–water partition coefficient (Wildman–Crippen LogP) is 0.515. The Kier molecular flexibility index (Phi) is 9.68. The highest BCUT2D eigenvalue weighted by Gasteiger charge is 2.38. The number of methoxy groups -OCH3 is 2. The number of non-ortho nitro benzene ring substituents is 1. The number of esters is 2. The summed E-state index contributed by atoms with van der Waals surface area (Å²) in [4.78, 5) is 73.5. The van der Waals surface area contributed by atoms with E-state index in [0.717, 1.165) is 19.8 Å². The molecule has 1 fully saturated rings. The second-order valence-electron chi connectivity index (χ2n) is 8.82. The lowest BCUT2D eigenvalue weighted by Crippen LogP contribution is -2.63. The smallest absolute Gasteiger partial charge is 0.329 e. The van der Waals surface area contributed by atoms with Crippen molar-refractivity contribution in [1.29, 1.82) is 0 Å². The zero-order valence-corrected chi connectivity index (χ0v) is 21.2. The highest BCUT2D eigenvalue weighted by atomic mass is 16.6. The second-order valence-corrected chi connectivity index (χ2v) is 8.82. The first-order valence-electron chi connectivity index (χ1n) is 12.0. The Balaban J connectivity index is 1.74. The average Bonchev–Trinajstić information content (AvgIpc) is 2.93. The van der Waals surface area contributed by atoms with E-state index >= 15 is 0 Å². The number of hydrogen-bond donors (Lipinski definition) is 3. The summed E-state index contributed by atoms with van der Waals surface area (Å²) in [7, 11) is 2.24. The molecule has 0 spiro atoms. The third-order valence-electron chi connectivity index (χ3n) is 6.26. The number of rotatable bonds is 11. The van der Waals surface area contributed by atoms with Gasteiger partial charge < -0.3 is 25.4 Å². The Hall–Kier alpha value is -4.81. The highest BCUT2D eigenvalue weighted by molar-refractivity contribution is 5.99. The van der Waals surface area contributed by atoms with Gasteiger partial charge in [-0.3, -0.25) is 29.3 Å². The summed E-state index contributed by atoms with van der Waals surface area (Å²) in [6.07, 6.45) is -0.587. The van der Waals surface area contributed by atoms with Crippen molar-refractivity contribution in [2.24, 2.45) is 0 Å². The minimum Gasteiger partial charge on any atom is -0.469 e. The lowest BCUT2D eigenvalue weighted by atomic mass is 9.88. The molecule has 0 saturated carbocycles. The Morgan fingerprint density at radius 3 is 2.15 bits per heavy atom. The first-order chi connectivity index (χ1) is 18.6. The molecule has 2 aromatic rings. The van der Waals surface area contributed by atoms with Crippen molar-refractivity contribution in [3.8, 4) is 0 Å². The van der Waals surface area contributed by atoms with Crippen LogP contribution in [0.2, 0.25) is 0 Å². The maximum Gasteiger partial charge on any atom is 0.329 e. The molecule has 0 radical (unpaired) electrons. The monoisotopic (exact) mass is 540 g/mol. The number of carbonyl (C=O) groups is 5. The van der Waals surface area contributed by atoms with Crippen LogP contribution in [0.5, 0.6) is 0 Å². The van der Waals surface area contributed by atoms with Gasteiger partial charge in [-0.2, -0.15) is 0 Å². The Morgan fingerprint density at radius 1 is 0.949 bits per heavy atom. The summed E-state index contributed by atoms with van der Waals surface area (Å²) in [6, 6.07) is 10.8. The lowest BCUT2D eigenvalue weighted by Gasteiger charge is -2.30. The van der Waals surface area contributed by atoms with Crippen molar-refractivity contribution in [3.63, 3.8) is 0 Å². The highest BCUT2D eigenvalue weighted by Crippen LogP contribution is 2.27. The van der Waals surface area contributed by atoms with Gasteiger partial charge in [0.25, 0.3) is 5.69 Å². The van der Waals surface area contributed by atoms with Crippen molar-refractivity contribution in [3.05, 3.63) is 75.8 Å². The average molecular weight is 541 g/mol. The third kappa shape index (κ3) is 7.60. The molecule has 1 aliphatic heterocycles. The number of ether oxygens (including phenoxy) is 2. The molecule has 1 heterocycles. The zero-order valence-electron chi connectivity index (χ0n) is 21.2. The van der Waals surface area contributed by atoms with Crippen LogP contribution in [0.3, 0.4) is 0 Å². The Bertz CT molecular complexity index is 1230. The van der Waals surface area contributed by atoms with Gasteiger partial charge in [-0.15, -0.1) is 0 Å². The molecule has 0 bridgehead atoms. The fraction of sp³-hybridized carbons (Fsp3) is 0.346. The standard InChI is InChI=1S/C26H28N4O9/c1-38-22(32)13-18(16-8-10-17(11-9-16)30(36)37)23(26(35)39-2)29-21(31)14-20-25(34)27-19(24(33)28-20)12-15-6-4-3-5-7-15/h3-11,18-20,23H,12-14H2,1-2H3,(H,27,34)(H,28,33)(H,29,31)/t18-,19-,20-,23+/m0/s1. The van der Waals surface area contributed by atoms with Gasteiger partial charge in [-0.05, 0) is 11.1 Å². The minimum absolute atomic E-state index is 0.209. The van der Waals surface area contributed by atoms with Gasteiger partial charge in [0.1, 0.15) is 18.1 Å². The van der Waals surface area contributed by atoms with E-state index in [1.165, 1.54) is 24.3 Å². The lowest BCUT2D eigenvalue weighted by molar-refractivity contribution is -0.384. The zero-order chi connectivity index (χ0) is 28.5. The van der Waals surface area contributed by atoms with Crippen molar-refractivity contribution in [2.75, 3.05) is 14.2 Å². The molecule has 0 aliphatic carbocycles. The van der Waals surface area contributed by atoms with Gasteiger partial charge in [-0.25, -0.2) is 4.79 Å². The number of nitro groups is 1. The maximum atomic E-state index is 12.9. The van der Waals surface area contributed by atoms with E-state index in [0.29, 0.717) is 5.56 Å². The number of carbonyl (C=O) groups excluding carboxylic acids is 5. The molecule has 0 unspecified atom stereocenters. The number of amides is 3. The van der Waals surface area contributed by atoms with Gasteiger partial charge in [0.05, 0.1) is 32.0 Å². The van der Waals surface area contributed by atoms with Crippen LogP contribution in [0.4, 0.5) is 5.69 Å². The number of nitro benzene ring substituents is 1. The summed E-state index contributed by atoms with van der Waals surface area (Å²) < 4.78 is 9.55. The largest absolute Gasteiger partial charge is 0.469 e. The molecule has 4 atom stereocenters. The van der Waals surface area contributed by atoms with Crippen LogP contribution in [-0.4, -0.2) is 66.9 Å². The van der Waals surface area contributed by atoms with E-state index in [1.807, 2.05) is 30.3 Å². The Morgan fingerprint density at radius 2 is 1.56 bits per heavy atom. The maximum absolute atomic E-state index is 12.9. The fourth-order valence-corrected chi connectivity index (χ4v) is 4.22. The summed E-state index contributed by atoms with van der Waals surface area (Å²) in [5, 5.41) is 18.7. The molecule has 206 valence electrons. The van der Waals surface area contributed by atoms with Crippen molar-refractivity contribution in [2.45, 2.75) is 43.3 Å². The van der Waals surface area contributed by atoms with Crippen LogP contribution in [0.1, 0.15) is 29.9 Å². The summed E-state index contributed by atoms with van der Waals surface area (Å²) in [5.74, 6) is -4.42. The summed E-state index contributed by atoms with van der Waals surface area (Å²) in [6.45, 7) is 0. The molecule has 1 aliphatic rings. The van der Waals surface area contributed by atoms with Crippen LogP contribution in [0.15, 0.2) is 54.6 Å². The van der Waals surface area contributed by atoms with E-state index in [4.69, 9.17) is 9.47 Å². The normalized spacial score (nSPS) is 18.1. The molecular weight excluding hydrogens is 512 g/mol. The molecule has 1 saturated heterocycles. The van der Waals surface area contributed by atoms with Crippen LogP contribution in [0.25, 0.3) is 0 Å². The number of nitrogens with zero attached hydrogens (tertiary/aromatic N) is 1. The predicted molar refractivity (Wildman–Crippen MR) is 135 cm³/mol. The molecule has 13 nitrogen and oxygen atoms in total. The van der Waals surface area contributed by atoms with E-state index in [1.54, 1.807) is 0 Å². The molecule has 13 heteroatoms. The van der Waals surface area contributed by atoms with Gasteiger partial charge in [0, 0.05) is 24.5 Å². The van der Waals surface area contributed by atoms with Gasteiger partial charge in [0.2, 0.25) is 17.7 Å². The van der Waals surface area contributed by atoms with E-state index in [-0.39, 0.29) is 18.5 Å². The van der Waals surface area contributed by atoms with Gasteiger partial charge >= 0.3 is 11.9 Å². The van der Waals surface area contributed by atoms with Gasteiger partial charge in [-0.1, -0.05) is 42.5 Å². The second kappa shape index (κ2) is 13.1. The van der Waals surface area contributed by atoms with E-state index in [2.05, 4.69) is 16.0 Å². The van der Waals surface area contributed by atoms with E-state index < -0.39 is 65.0 Å². The molecule has 3 N–H and O–H groups in total. The number of benzene rings is 2. The molecule has 39 heavy (non-hydrogen) atoms. The first kappa shape index (κ1) is 28.8. The number of hydrogen-bond acceptors (Lipinski definition) is 9. The summed E-state index contributed by atoms with van der Waals surface area (Å²) in [5.41, 5.74) is 0.964. The minimum atomic E-state index is -1.41. The van der Waals surface area contributed by atoms with Crippen molar-refractivity contribution < 1.29 is 38.4 Å². The molecule has 0 aromatic heterocycles. The van der Waals surface area contributed by atoms with E-state index in [9.17, 15) is 34.1 Å². The third-order valence-corrected chi connectivity index (χ3v) is 6.26. The topological polar surface area (TPSA) is 183 Å². The SMILES string of the molecule is COC(=O)C[C@@H](c1ccc([N+](=O)[O-])cc1)[C@@H](NC(=O)C[C@@H]1NC(=O)[C@H](Cc2ccccc2)NC1=O)C(=O)OC. The van der Waals surface area contributed by atoms with Crippen molar-refractivity contribution >= 4 is 35.3 Å². The first-order valence-corrected chi connectivity index (χ1v) is 12.0. The quantitative estimate of drug-likeness (QED) is 0.208. The molecule has 3 amide bonds. The van der Waals surface area contributed by atoms with Crippen LogP contribution < -0.4 is 16.0 Å². The van der Waals surface area contributed by atoms with Crippen molar-refractivity contribution in [1.82, 2.24) is 16.0 Å². The van der Waals surface area contributed by atoms with Crippen LogP contribution in [0, 0.1) is 10.1 Å². The van der Waals surface area contributed by atoms with Crippen LogP contribution in [-0.2, 0) is 39.9 Å². The van der Waals surface area contributed by atoms with Gasteiger partial charge in [0.15, 0.2) is 0 Å². The Labute approximate surface area is 223 Å².